The second-order valence-corrected chi connectivity index (χ2v) is 4.56. The minimum Gasteiger partial charge on any atom is -0.348 e. The van der Waals surface area contributed by atoms with Crippen LogP contribution >= 0.6 is 11.6 Å². The Labute approximate surface area is 100 Å². The third kappa shape index (κ3) is 2.54. The van der Waals surface area contributed by atoms with Gasteiger partial charge in [-0.3, -0.25) is 4.79 Å². The molecule has 1 heterocycles. The molecule has 1 aliphatic rings. The number of hydrogen-bond donors (Lipinski definition) is 2. The zero-order valence-corrected chi connectivity index (χ0v) is 9.97. The van der Waals surface area contributed by atoms with E-state index in [2.05, 4.69) is 10.6 Å². The maximum Gasteiger partial charge on any atom is 0.251 e. The zero-order chi connectivity index (χ0) is 11.5. The largest absolute Gasteiger partial charge is 0.348 e. The van der Waals surface area contributed by atoms with Gasteiger partial charge < -0.3 is 10.6 Å². The molecule has 0 unspecified atom stereocenters. The Balaban J connectivity index is 2.08. The van der Waals surface area contributed by atoms with Crippen LogP contribution in [0.2, 0.25) is 5.02 Å². The number of amides is 1. The lowest BCUT2D eigenvalue weighted by molar-refractivity contribution is 0.0939. The Kier molecular flexibility index (Phi) is 3.46. The van der Waals surface area contributed by atoms with Crippen LogP contribution in [0.3, 0.4) is 0 Å². The molecule has 0 saturated carbocycles. The van der Waals surface area contributed by atoms with E-state index >= 15 is 0 Å². The van der Waals surface area contributed by atoms with E-state index in [0.717, 1.165) is 25.1 Å². The summed E-state index contributed by atoms with van der Waals surface area (Å²) in [6.45, 7) is 3.73. The van der Waals surface area contributed by atoms with Crippen LogP contribution in [-0.4, -0.2) is 25.0 Å². The number of hydrogen-bond acceptors (Lipinski definition) is 2. The smallest absolute Gasteiger partial charge is 0.251 e. The molecule has 16 heavy (non-hydrogen) atoms. The molecule has 1 atom stereocenters. The third-order valence-electron chi connectivity index (χ3n) is 2.83. The van der Waals surface area contributed by atoms with E-state index in [1.54, 1.807) is 12.1 Å². The van der Waals surface area contributed by atoms with E-state index < -0.39 is 0 Å². The molecule has 1 amide bonds. The fourth-order valence-corrected chi connectivity index (χ4v) is 2.15. The first-order valence-electron chi connectivity index (χ1n) is 5.44. The van der Waals surface area contributed by atoms with Crippen molar-refractivity contribution < 1.29 is 4.79 Å². The maximum atomic E-state index is 12.0. The van der Waals surface area contributed by atoms with Gasteiger partial charge in [0.15, 0.2) is 0 Å². The van der Waals surface area contributed by atoms with E-state index in [0.29, 0.717) is 10.6 Å². The molecule has 1 aromatic carbocycles. The van der Waals surface area contributed by atoms with Crippen LogP contribution in [0.25, 0.3) is 0 Å². The fraction of sp³-hybridized carbons (Fsp3) is 0.417. The van der Waals surface area contributed by atoms with Crippen LogP contribution in [0.4, 0.5) is 0 Å². The van der Waals surface area contributed by atoms with Crippen molar-refractivity contribution in [2.24, 2.45) is 0 Å². The van der Waals surface area contributed by atoms with Gasteiger partial charge >= 0.3 is 0 Å². The molecule has 2 rings (SSSR count). The average molecular weight is 239 g/mol. The predicted octanol–water partition coefficient (Wildman–Crippen LogP) is 1.74. The molecule has 2 N–H and O–H groups in total. The van der Waals surface area contributed by atoms with Gasteiger partial charge in [-0.25, -0.2) is 0 Å². The number of rotatable bonds is 2. The topological polar surface area (TPSA) is 41.1 Å². The lowest BCUT2D eigenvalue weighted by atomic mass is 10.1. The number of aryl methyl sites for hydroxylation is 1. The van der Waals surface area contributed by atoms with Crippen LogP contribution in [-0.2, 0) is 0 Å². The second kappa shape index (κ2) is 4.85. The molecule has 4 heteroatoms. The van der Waals surface area contributed by atoms with Crippen LogP contribution in [0.15, 0.2) is 18.2 Å². The molecule has 0 aliphatic carbocycles. The third-order valence-corrected chi connectivity index (χ3v) is 3.06. The summed E-state index contributed by atoms with van der Waals surface area (Å²) in [5, 5.41) is 6.89. The van der Waals surface area contributed by atoms with Crippen LogP contribution in [0, 0.1) is 6.92 Å². The molecule has 1 saturated heterocycles. The van der Waals surface area contributed by atoms with Crippen molar-refractivity contribution in [2.75, 3.05) is 13.1 Å². The number of benzene rings is 1. The summed E-state index contributed by atoms with van der Waals surface area (Å²) in [5.74, 6) is -0.0112. The summed E-state index contributed by atoms with van der Waals surface area (Å²) in [7, 11) is 0. The quantitative estimate of drug-likeness (QED) is 0.824. The molecular weight excluding hydrogens is 224 g/mol. The van der Waals surface area contributed by atoms with Gasteiger partial charge in [0.25, 0.3) is 5.91 Å². The molecule has 86 valence electrons. The number of nitrogens with one attached hydrogen (secondary N) is 2. The van der Waals surface area contributed by atoms with Gasteiger partial charge in [0.1, 0.15) is 0 Å². The number of halogens is 1. The summed E-state index contributed by atoms with van der Waals surface area (Å²) in [6, 6.07) is 5.58. The van der Waals surface area contributed by atoms with Crippen molar-refractivity contribution in [3.63, 3.8) is 0 Å². The maximum absolute atomic E-state index is 12.0. The Morgan fingerprint density at radius 3 is 3.00 bits per heavy atom. The molecule has 0 bridgehead atoms. The van der Waals surface area contributed by atoms with Crippen molar-refractivity contribution in [3.05, 3.63) is 34.3 Å². The summed E-state index contributed by atoms with van der Waals surface area (Å²) < 4.78 is 0. The molecular formula is C12H15ClN2O. The molecule has 1 aliphatic heterocycles. The van der Waals surface area contributed by atoms with Crippen molar-refractivity contribution in [2.45, 2.75) is 19.4 Å². The Morgan fingerprint density at radius 1 is 1.56 bits per heavy atom. The first kappa shape index (κ1) is 11.4. The number of carbonyl (C=O) groups is 1. The standard InChI is InChI=1S/C12H15ClN2O/c1-8-6-9(13)2-3-11(8)12(16)15-10-4-5-14-7-10/h2-3,6,10,14H,4-5,7H2,1H3,(H,15,16)/t10-/m1/s1. The summed E-state index contributed by atoms with van der Waals surface area (Å²) in [6.07, 6.45) is 0.998. The average Bonchev–Trinajstić information content (AvgIpc) is 2.70. The van der Waals surface area contributed by atoms with E-state index in [9.17, 15) is 4.79 Å². The zero-order valence-electron chi connectivity index (χ0n) is 9.22. The molecule has 3 nitrogen and oxygen atoms in total. The Hall–Kier alpha value is -1.06. The fourth-order valence-electron chi connectivity index (χ4n) is 1.92. The monoisotopic (exact) mass is 238 g/mol. The van der Waals surface area contributed by atoms with E-state index in [-0.39, 0.29) is 11.9 Å². The van der Waals surface area contributed by atoms with Gasteiger partial charge in [-0.2, -0.15) is 0 Å². The normalized spacial score (nSPS) is 19.8. The highest BCUT2D eigenvalue weighted by atomic mass is 35.5. The van der Waals surface area contributed by atoms with E-state index in [4.69, 9.17) is 11.6 Å². The molecule has 1 fully saturated rings. The van der Waals surface area contributed by atoms with E-state index in [1.807, 2.05) is 13.0 Å². The lowest BCUT2D eigenvalue weighted by Crippen LogP contribution is -2.36. The van der Waals surface area contributed by atoms with Crippen LogP contribution in [0.5, 0.6) is 0 Å². The highest BCUT2D eigenvalue weighted by Gasteiger charge is 2.18. The first-order valence-corrected chi connectivity index (χ1v) is 5.82. The minimum atomic E-state index is -0.0112. The lowest BCUT2D eigenvalue weighted by Gasteiger charge is -2.12. The predicted molar refractivity (Wildman–Crippen MR) is 64.9 cm³/mol. The summed E-state index contributed by atoms with van der Waals surface area (Å²) >= 11 is 5.85. The van der Waals surface area contributed by atoms with Crippen molar-refractivity contribution in [1.29, 1.82) is 0 Å². The number of carbonyl (C=O) groups excluding carboxylic acids is 1. The molecule has 0 spiro atoms. The Bertz CT molecular complexity index is 400. The van der Waals surface area contributed by atoms with Crippen molar-refractivity contribution in [1.82, 2.24) is 10.6 Å². The highest BCUT2D eigenvalue weighted by Crippen LogP contribution is 2.15. The Morgan fingerprint density at radius 2 is 2.38 bits per heavy atom. The summed E-state index contributed by atoms with van der Waals surface area (Å²) in [4.78, 5) is 12.0. The van der Waals surface area contributed by atoms with Gasteiger partial charge in [-0.05, 0) is 43.7 Å². The van der Waals surface area contributed by atoms with Gasteiger partial charge in [-0.15, -0.1) is 0 Å². The molecule has 1 aromatic rings. The minimum absolute atomic E-state index is 0.0112. The van der Waals surface area contributed by atoms with Crippen molar-refractivity contribution in [3.8, 4) is 0 Å². The molecule has 0 radical (unpaired) electrons. The second-order valence-electron chi connectivity index (χ2n) is 4.12. The van der Waals surface area contributed by atoms with Gasteiger partial charge in [-0.1, -0.05) is 11.6 Å². The van der Waals surface area contributed by atoms with Gasteiger partial charge in [0.2, 0.25) is 0 Å². The van der Waals surface area contributed by atoms with Crippen LogP contribution < -0.4 is 10.6 Å². The van der Waals surface area contributed by atoms with Crippen LogP contribution in [0.1, 0.15) is 22.3 Å². The van der Waals surface area contributed by atoms with E-state index in [1.165, 1.54) is 0 Å². The van der Waals surface area contributed by atoms with Crippen molar-refractivity contribution >= 4 is 17.5 Å². The van der Waals surface area contributed by atoms with Gasteiger partial charge in [0, 0.05) is 23.2 Å². The molecule has 0 aromatic heterocycles. The highest BCUT2D eigenvalue weighted by molar-refractivity contribution is 6.30. The first-order chi connectivity index (χ1) is 7.66. The SMILES string of the molecule is Cc1cc(Cl)ccc1C(=O)N[C@@H]1CCNC1. The van der Waals surface area contributed by atoms with Gasteiger partial charge in [0.05, 0.1) is 0 Å². The summed E-state index contributed by atoms with van der Waals surface area (Å²) in [5.41, 5.74) is 1.62.